The SMILES string of the molecule is O=C(Nc1cccc(Cl)c1)n1c(N=Cc2ccc([N+](=O)[O-])o2)nc2ccccc21. The number of furan rings is 1. The first kappa shape index (κ1) is 18.4. The average molecular weight is 410 g/mol. The Labute approximate surface area is 168 Å². The van der Waals surface area contributed by atoms with Crippen molar-refractivity contribution in [2.75, 3.05) is 5.32 Å². The molecule has 2 heterocycles. The molecule has 4 aromatic rings. The van der Waals surface area contributed by atoms with Gasteiger partial charge in [0.15, 0.2) is 5.76 Å². The summed E-state index contributed by atoms with van der Waals surface area (Å²) in [7, 11) is 0. The van der Waals surface area contributed by atoms with Crippen molar-refractivity contribution < 1.29 is 14.1 Å². The van der Waals surface area contributed by atoms with Crippen molar-refractivity contribution in [3.05, 3.63) is 81.6 Å². The standard InChI is InChI=1S/C19H12ClN5O4/c20-12-4-3-5-13(10-12)22-19(26)24-16-7-2-1-6-15(16)23-18(24)21-11-14-8-9-17(29-14)25(27)28/h1-11H,(H,22,26). The van der Waals surface area contributed by atoms with Crippen LogP contribution in [0, 0.1) is 10.1 Å². The van der Waals surface area contributed by atoms with E-state index in [1.165, 1.54) is 22.9 Å². The van der Waals surface area contributed by atoms with E-state index in [0.29, 0.717) is 21.7 Å². The number of nitrogens with one attached hydrogen (secondary N) is 1. The van der Waals surface area contributed by atoms with E-state index in [2.05, 4.69) is 15.3 Å². The van der Waals surface area contributed by atoms with Gasteiger partial charge in [-0.25, -0.2) is 19.3 Å². The van der Waals surface area contributed by atoms with Crippen molar-refractivity contribution in [3.8, 4) is 0 Å². The second-order valence-corrected chi connectivity index (χ2v) is 6.30. The van der Waals surface area contributed by atoms with Crippen LogP contribution in [-0.4, -0.2) is 26.7 Å². The summed E-state index contributed by atoms with van der Waals surface area (Å²) >= 11 is 5.97. The number of hydrogen-bond acceptors (Lipinski definition) is 6. The van der Waals surface area contributed by atoms with Gasteiger partial charge < -0.3 is 9.73 Å². The molecule has 0 aliphatic rings. The smallest absolute Gasteiger partial charge is 0.400 e. The van der Waals surface area contributed by atoms with E-state index in [0.717, 1.165) is 0 Å². The molecule has 0 saturated carbocycles. The molecule has 0 aliphatic carbocycles. The Hall–Kier alpha value is -3.98. The maximum atomic E-state index is 12.9. The van der Waals surface area contributed by atoms with Crippen LogP contribution in [0.15, 0.2) is 70.1 Å². The fourth-order valence-corrected chi connectivity index (χ4v) is 2.87. The topological polar surface area (TPSA) is 116 Å². The summed E-state index contributed by atoms with van der Waals surface area (Å²) in [6.07, 6.45) is 1.26. The van der Waals surface area contributed by atoms with E-state index in [1.807, 2.05) is 0 Å². The molecule has 0 spiro atoms. The van der Waals surface area contributed by atoms with Gasteiger partial charge in [0.2, 0.25) is 5.95 Å². The fraction of sp³-hybridized carbons (Fsp3) is 0. The van der Waals surface area contributed by atoms with Gasteiger partial charge in [0, 0.05) is 10.7 Å². The van der Waals surface area contributed by atoms with E-state index in [-0.39, 0.29) is 11.7 Å². The molecule has 0 radical (unpaired) electrons. The highest BCUT2D eigenvalue weighted by atomic mass is 35.5. The Bertz CT molecular complexity index is 1260. The van der Waals surface area contributed by atoms with Crippen molar-refractivity contribution in [2.45, 2.75) is 0 Å². The van der Waals surface area contributed by atoms with Gasteiger partial charge in [-0.15, -0.1) is 0 Å². The minimum atomic E-state index is -0.648. The van der Waals surface area contributed by atoms with Crippen molar-refractivity contribution in [3.63, 3.8) is 0 Å². The number of aliphatic imine (C=N–C) groups is 1. The van der Waals surface area contributed by atoms with E-state index in [1.54, 1.807) is 48.5 Å². The van der Waals surface area contributed by atoms with Crippen LogP contribution < -0.4 is 5.32 Å². The Kier molecular flexibility index (Phi) is 4.80. The zero-order valence-electron chi connectivity index (χ0n) is 14.7. The highest BCUT2D eigenvalue weighted by molar-refractivity contribution is 6.30. The summed E-state index contributed by atoms with van der Waals surface area (Å²) in [4.78, 5) is 31.5. The van der Waals surface area contributed by atoms with Gasteiger partial charge in [0.1, 0.15) is 4.92 Å². The van der Waals surface area contributed by atoms with Gasteiger partial charge in [-0.05, 0) is 36.4 Å². The van der Waals surface area contributed by atoms with Crippen LogP contribution in [0.2, 0.25) is 5.02 Å². The molecule has 144 valence electrons. The number of amides is 1. The molecule has 0 aliphatic heterocycles. The van der Waals surface area contributed by atoms with Crippen LogP contribution in [0.1, 0.15) is 5.76 Å². The Morgan fingerprint density at radius 1 is 1.21 bits per heavy atom. The van der Waals surface area contributed by atoms with Gasteiger partial charge in [-0.1, -0.05) is 29.8 Å². The van der Waals surface area contributed by atoms with Gasteiger partial charge >= 0.3 is 11.9 Å². The first-order valence-corrected chi connectivity index (χ1v) is 8.72. The summed E-state index contributed by atoms with van der Waals surface area (Å²) in [5.74, 6) is -0.158. The number of hydrogen-bond donors (Lipinski definition) is 1. The van der Waals surface area contributed by atoms with Crippen molar-refractivity contribution >= 4 is 52.4 Å². The molecule has 2 aromatic heterocycles. The number of carbonyl (C=O) groups excluding carboxylic acids is 1. The third kappa shape index (κ3) is 3.85. The second-order valence-electron chi connectivity index (χ2n) is 5.87. The molecule has 4 rings (SSSR count). The summed E-state index contributed by atoms with van der Waals surface area (Å²) in [5, 5.41) is 14.0. The summed E-state index contributed by atoms with van der Waals surface area (Å²) in [6.45, 7) is 0. The minimum absolute atomic E-state index is 0.0878. The number of anilines is 1. The highest BCUT2D eigenvalue weighted by Gasteiger charge is 2.17. The van der Waals surface area contributed by atoms with Crippen molar-refractivity contribution in [1.82, 2.24) is 9.55 Å². The molecule has 1 amide bonds. The first-order valence-electron chi connectivity index (χ1n) is 8.34. The third-order valence-corrected chi connectivity index (χ3v) is 4.16. The summed E-state index contributed by atoms with van der Waals surface area (Å²) in [6, 6.07) is 15.9. The number of aromatic nitrogens is 2. The van der Waals surface area contributed by atoms with E-state index in [4.69, 9.17) is 16.0 Å². The van der Waals surface area contributed by atoms with Gasteiger partial charge in [-0.2, -0.15) is 0 Å². The number of rotatable bonds is 4. The number of nitrogens with zero attached hydrogens (tertiary/aromatic N) is 4. The highest BCUT2D eigenvalue weighted by Crippen LogP contribution is 2.23. The van der Waals surface area contributed by atoms with Gasteiger partial charge in [-0.3, -0.25) is 10.1 Å². The number of para-hydroxylation sites is 2. The molecule has 9 nitrogen and oxygen atoms in total. The number of nitro groups is 1. The van der Waals surface area contributed by atoms with Crippen LogP contribution in [0.5, 0.6) is 0 Å². The zero-order valence-corrected chi connectivity index (χ0v) is 15.4. The quantitative estimate of drug-likeness (QED) is 0.288. The molecular formula is C19H12ClN5O4. The summed E-state index contributed by atoms with van der Waals surface area (Å²) < 4.78 is 6.35. The molecule has 0 bridgehead atoms. The van der Waals surface area contributed by atoms with Crippen molar-refractivity contribution in [1.29, 1.82) is 0 Å². The Balaban J connectivity index is 1.71. The predicted molar refractivity (Wildman–Crippen MR) is 108 cm³/mol. The maximum Gasteiger partial charge on any atom is 0.433 e. The van der Waals surface area contributed by atoms with Gasteiger partial charge in [0.05, 0.1) is 23.3 Å². The third-order valence-electron chi connectivity index (χ3n) is 3.92. The molecule has 29 heavy (non-hydrogen) atoms. The lowest BCUT2D eigenvalue weighted by Gasteiger charge is -2.08. The van der Waals surface area contributed by atoms with E-state index >= 15 is 0 Å². The molecule has 0 atom stereocenters. The monoisotopic (exact) mass is 409 g/mol. The predicted octanol–water partition coefficient (Wildman–Crippen LogP) is 5.02. The zero-order chi connectivity index (χ0) is 20.4. The number of imidazole rings is 1. The molecule has 0 saturated heterocycles. The lowest BCUT2D eigenvalue weighted by atomic mass is 10.3. The molecule has 0 fully saturated rings. The van der Waals surface area contributed by atoms with E-state index in [9.17, 15) is 14.9 Å². The number of benzene rings is 2. The first-order chi connectivity index (χ1) is 14.0. The Morgan fingerprint density at radius 3 is 2.79 bits per heavy atom. The molecular weight excluding hydrogens is 398 g/mol. The second kappa shape index (κ2) is 7.56. The molecule has 0 unspecified atom stereocenters. The maximum absolute atomic E-state index is 12.9. The van der Waals surface area contributed by atoms with Crippen LogP contribution in [0.4, 0.5) is 22.3 Å². The molecule has 10 heteroatoms. The van der Waals surface area contributed by atoms with Crippen LogP contribution >= 0.6 is 11.6 Å². The lowest BCUT2D eigenvalue weighted by molar-refractivity contribution is -0.402. The fourth-order valence-electron chi connectivity index (χ4n) is 2.68. The largest absolute Gasteiger partial charge is 0.433 e. The van der Waals surface area contributed by atoms with Gasteiger partial charge in [0.25, 0.3) is 0 Å². The summed E-state index contributed by atoms with van der Waals surface area (Å²) in [5.41, 5.74) is 1.62. The van der Waals surface area contributed by atoms with Crippen LogP contribution in [-0.2, 0) is 0 Å². The van der Waals surface area contributed by atoms with E-state index < -0.39 is 16.8 Å². The average Bonchev–Trinajstić information content (AvgIpc) is 3.31. The normalized spacial score (nSPS) is 11.2. The van der Waals surface area contributed by atoms with Crippen LogP contribution in [0.3, 0.4) is 0 Å². The number of fused-ring (bicyclic) bond motifs is 1. The number of halogens is 1. The van der Waals surface area contributed by atoms with Crippen LogP contribution in [0.25, 0.3) is 11.0 Å². The Morgan fingerprint density at radius 2 is 2.03 bits per heavy atom. The number of carbonyl (C=O) groups is 1. The molecule has 1 N–H and O–H groups in total. The van der Waals surface area contributed by atoms with Crippen molar-refractivity contribution in [2.24, 2.45) is 4.99 Å². The minimum Gasteiger partial charge on any atom is -0.400 e. The molecule has 2 aromatic carbocycles. The lowest BCUT2D eigenvalue weighted by Crippen LogP contribution is -2.19.